The van der Waals surface area contributed by atoms with Crippen LogP contribution < -0.4 is 5.73 Å². The highest BCUT2D eigenvalue weighted by atomic mass is 32.1. The minimum atomic E-state index is 0.439. The summed E-state index contributed by atoms with van der Waals surface area (Å²) in [5, 5.41) is 9.95. The lowest BCUT2D eigenvalue weighted by atomic mass is 10.0. The number of hydrogen-bond acceptors (Lipinski definition) is 4. The van der Waals surface area contributed by atoms with Crippen LogP contribution in [0.3, 0.4) is 0 Å². The molecule has 4 nitrogen and oxygen atoms in total. The second-order valence-corrected chi connectivity index (χ2v) is 4.93. The van der Waals surface area contributed by atoms with Crippen molar-refractivity contribution >= 4 is 22.2 Å². The molecule has 17 heavy (non-hydrogen) atoms. The molecule has 0 saturated carbocycles. The normalized spacial score (nSPS) is 11.2. The van der Waals surface area contributed by atoms with Crippen LogP contribution in [0.25, 0.3) is 16.2 Å². The Labute approximate surface area is 103 Å². The monoisotopic (exact) mass is 244 g/mol. The van der Waals surface area contributed by atoms with Gasteiger partial charge in [0.15, 0.2) is 0 Å². The van der Waals surface area contributed by atoms with Crippen LogP contribution in [0.1, 0.15) is 11.1 Å². The quantitative estimate of drug-likeness (QED) is 0.716. The van der Waals surface area contributed by atoms with Crippen LogP contribution in [-0.2, 0) is 0 Å². The van der Waals surface area contributed by atoms with Crippen LogP contribution in [0.2, 0.25) is 0 Å². The van der Waals surface area contributed by atoms with E-state index in [2.05, 4.69) is 47.6 Å². The first kappa shape index (κ1) is 10.3. The van der Waals surface area contributed by atoms with E-state index in [0.29, 0.717) is 5.95 Å². The van der Waals surface area contributed by atoms with Gasteiger partial charge in [0.25, 0.3) is 0 Å². The average Bonchev–Trinajstić information content (AvgIpc) is 2.86. The van der Waals surface area contributed by atoms with Crippen molar-refractivity contribution in [2.75, 3.05) is 5.73 Å². The highest BCUT2D eigenvalue weighted by molar-refractivity contribution is 7.15. The van der Waals surface area contributed by atoms with Gasteiger partial charge in [-0.15, -0.1) is 21.5 Å². The van der Waals surface area contributed by atoms with E-state index >= 15 is 0 Å². The summed E-state index contributed by atoms with van der Waals surface area (Å²) >= 11 is 1.55. The third-order valence-corrected chi connectivity index (χ3v) is 3.79. The molecule has 0 aliphatic carbocycles. The maximum Gasteiger partial charge on any atom is 0.227 e. The lowest BCUT2D eigenvalue weighted by Crippen LogP contribution is -1.95. The first-order chi connectivity index (χ1) is 8.16. The van der Waals surface area contributed by atoms with Gasteiger partial charge in [0, 0.05) is 5.38 Å². The lowest BCUT2D eigenvalue weighted by Gasteiger charge is -2.04. The number of rotatable bonds is 1. The van der Waals surface area contributed by atoms with Gasteiger partial charge in [-0.05, 0) is 36.6 Å². The molecule has 0 aliphatic heterocycles. The van der Waals surface area contributed by atoms with E-state index in [0.717, 1.165) is 16.2 Å². The maximum absolute atomic E-state index is 5.82. The molecule has 0 bridgehead atoms. The summed E-state index contributed by atoms with van der Waals surface area (Å²) in [6.45, 7) is 4.22. The summed E-state index contributed by atoms with van der Waals surface area (Å²) in [5.41, 5.74) is 10.6. The van der Waals surface area contributed by atoms with Gasteiger partial charge in [0.1, 0.15) is 0 Å². The number of nitrogens with two attached hydrogens (primary N) is 1. The smallest absolute Gasteiger partial charge is 0.227 e. The van der Waals surface area contributed by atoms with Gasteiger partial charge in [-0.1, -0.05) is 12.1 Å². The van der Waals surface area contributed by atoms with Crippen molar-refractivity contribution in [3.05, 3.63) is 34.7 Å². The molecule has 0 amide bonds. The Morgan fingerprint density at radius 1 is 1.18 bits per heavy atom. The number of hydrogen-bond donors (Lipinski definition) is 1. The third kappa shape index (κ3) is 1.51. The Balaban J connectivity index is 2.26. The lowest BCUT2D eigenvalue weighted by molar-refractivity contribution is 1.12. The number of anilines is 1. The van der Waals surface area contributed by atoms with Gasteiger partial charge in [0.2, 0.25) is 10.9 Å². The molecule has 0 unspecified atom stereocenters. The average molecular weight is 244 g/mol. The Kier molecular flexibility index (Phi) is 2.16. The molecule has 1 aromatic carbocycles. The fourth-order valence-corrected chi connectivity index (χ4v) is 2.69. The molecule has 2 N–H and O–H groups in total. The Morgan fingerprint density at radius 3 is 2.76 bits per heavy atom. The number of benzene rings is 1. The zero-order valence-corrected chi connectivity index (χ0v) is 10.5. The molecule has 5 heteroatoms. The largest absolute Gasteiger partial charge is 0.368 e. The third-order valence-electron chi connectivity index (χ3n) is 2.98. The molecule has 0 spiro atoms. The highest BCUT2D eigenvalue weighted by Gasteiger charge is 2.11. The highest BCUT2D eigenvalue weighted by Crippen LogP contribution is 2.28. The Hall–Kier alpha value is -1.88. The molecule has 0 radical (unpaired) electrons. The van der Waals surface area contributed by atoms with Gasteiger partial charge in [-0.3, -0.25) is 4.40 Å². The topological polar surface area (TPSA) is 56.2 Å². The van der Waals surface area contributed by atoms with Crippen LogP contribution in [-0.4, -0.2) is 14.6 Å². The van der Waals surface area contributed by atoms with Crippen molar-refractivity contribution in [1.82, 2.24) is 14.6 Å². The molecule has 86 valence electrons. The molecule has 3 rings (SSSR count). The first-order valence-corrected chi connectivity index (χ1v) is 6.20. The molecule has 0 atom stereocenters. The van der Waals surface area contributed by atoms with E-state index in [-0.39, 0.29) is 0 Å². The molecule has 2 heterocycles. The Bertz CT molecular complexity index is 696. The van der Waals surface area contributed by atoms with Gasteiger partial charge in [-0.2, -0.15) is 0 Å². The predicted octanol–water partition coefficient (Wildman–Crippen LogP) is 2.66. The van der Waals surface area contributed by atoms with Crippen LogP contribution in [0.15, 0.2) is 23.6 Å². The maximum atomic E-state index is 5.82. The molecule has 0 fully saturated rings. The minimum Gasteiger partial charge on any atom is -0.368 e. The fraction of sp³-hybridized carbons (Fsp3) is 0.167. The summed E-state index contributed by atoms with van der Waals surface area (Å²) in [4.78, 5) is 0.829. The van der Waals surface area contributed by atoms with Crippen LogP contribution in [0.5, 0.6) is 0 Å². The summed E-state index contributed by atoms with van der Waals surface area (Å²) in [7, 11) is 0. The molecular formula is C12H12N4S. The second-order valence-electron chi connectivity index (χ2n) is 4.10. The van der Waals surface area contributed by atoms with Crippen molar-refractivity contribution in [3.8, 4) is 11.3 Å². The zero-order chi connectivity index (χ0) is 12.0. The fourth-order valence-electron chi connectivity index (χ4n) is 1.84. The summed E-state index contributed by atoms with van der Waals surface area (Å²) in [5.74, 6) is 0.439. The molecule has 3 aromatic rings. The predicted molar refractivity (Wildman–Crippen MR) is 70.2 cm³/mol. The van der Waals surface area contributed by atoms with Crippen LogP contribution in [0.4, 0.5) is 5.95 Å². The van der Waals surface area contributed by atoms with Crippen LogP contribution >= 0.6 is 11.3 Å². The standard InChI is InChI=1S/C12H12N4S/c1-7-3-4-9(5-8(7)2)10-6-17-12-15-14-11(13)16(10)12/h3-6H,1-2H3,(H2,13,14). The molecule has 0 aliphatic rings. The number of nitrogens with zero attached hydrogens (tertiary/aromatic N) is 3. The van der Waals surface area contributed by atoms with Crippen molar-refractivity contribution in [3.63, 3.8) is 0 Å². The summed E-state index contributed by atoms with van der Waals surface area (Å²) < 4.78 is 1.88. The number of aromatic nitrogens is 3. The number of thiazole rings is 1. The van der Waals surface area contributed by atoms with Crippen molar-refractivity contribution in [1.29, 1.82) is 0 Å². The Morgan fingerprint density at radius 2 is 2.00 bits per heavy atom. The van der Waals surface area contributed by atoms with E-state index in [1.54, 1.807) is 11.3 Å². The number of fused-ring (bicyclic) bond motifs is 1. The van der Waals surface area contributed by atoms with E-state index in [1.807, 2.05) is 4.40 Å². The molecule has 0 saturated heterocycles. The van der Waals surface area contributed by atoms with Crippen molar-refractivity contribution < 1.29 is 0 Å². The SMILES string of the molecule is Cc1ccc(-c2csc3nnc(N)n23)cc1C. The zero-order valence-electron chi connectivity index (χ0n) is 9.64. The molecule has 2 aromatic heterocycles. The summed E-state index contributed by atoms with van der Waals surface area (Å²) in [6.07, 6.45) is 0. The second kappa shape index (κ2) is 3.56. The van der Waals surface area contributed by atoms with Gasteiger partial charge >= 0.3 is 0 Å². The van der Waals surface area contributed by atoms with E-state index < -0.39 is 0 Å². The van der Waals surface area contributed by atoms with Crippen molar-refractivity contribution in [2.24, 2.45) is 0 Å². The minimum absolute atomic E-state index is 0.439. The van der Waals surface area contributed by atoms with E-state index in [1.165, 1.54) is 11.1 Å². The molecular weight excluding hydrogens is 232 g/mol. The number of nitrogen functional groups attached to an aromatic ring is 1. The summed E-state index contributed by atoms with van der Waals surface area (Å²) in [6, 6.07) is 6.38. The van der Waals surface area contributed by atoms with E-state index in [4.69, 9.17) is 5.73 Å². The number of aryl methyl sites for hydroxylation is 2. The van der Waals surface area contributed by atoms with E-state index in [9.17, 15) is 0 Å². The van der Waals surface area contributed by atoms with Gasteiger partial charge < -0.3 is 5.73 Å². The van der Waals surface area contributed by atoms with Crippen LogP contribution in [0, 0.1) is 13.8 Å². The van der Waals surface area contributed by atoms with Gasteiger partial charge in [-0.25, -0.2) is 0 Å². The van der Waals surface area contributed by atoms with Crippen molar-refractivity contribution in [2.45, 2.75) is 13.8 Å². The van der Waals surface area contributed by atoms with Gasteiger partial charge in [0.05, 0.1) is 5.69 Å². The first-order valence-electron chi connectivity index (χ1n) is 5.32.